The standard InChI is InChI=1S/C16H14O3S/c17-14-4-1-3-11-9-12(6-7-13(11)14)19-10-15(18)16-5-2-8-20-16/h2,5-9H,1,3-4,10H2. The first-order valence-electron chi connectivity index (χ1n) is 6.59. The average molecular weight is 286 g/mol. The van der Waals surface area contributed by atoms with Crippen molar-refractivity contribution in [3.8, 4) is 5.75 Å². The summed E-state index contributed by atoms with van der Waals surface area (Å²) < 4.78 is 5.54. The van der Waals surface area contributed by atoms with Crippen LogP contribution in [0.4, 0.5) is 0 Å². The van der Waals surface area contributed by atoms with Crippen LogP contribution in [-0.2, 0) is 6.42 Å². The molecule has 1 aromatic heterocycles. The van der Waals surface area contributed by atoms with Crippen molar-refractivity contribution in [2.45, 2.75) is 19.3 Å². The summed E-state index contributed by atoms with van der Waals surface area (Å²) in [6, 6.07) is 9.10. The SMILES string of the molecule is O=C(COc1ccc2c(c1)CCCC2=O)c1cccs1. The Morgan fingerprint density at radius 3 is 2.95 bits per heavy atom. The number of hydrogen-bond donors (Lipinski definition) is 0. The highest BCUT2D eigenvalue weighted by atomic mass is 32.1. The van der Waals surface area contributed by atoms with Gasteiger partial charge in [-0.2, -0.15) is 0 Å². The number of rotatable bonds is 4. The first kappa shape index (κ1) is 13.1. The quantitative estimate of drug-likeness (QED) is 0.808. The summed E-state index contributed by atoms with van der Waals surface area (Å²) in [5, 5.41) is 1.87. The van der Waals surface area contributed by atoms with Gasteiger partial charge < -0.3 is 4.74 Å². The van der Waals surface area contributed by atoms with Crippen molar-refractivity contribution in [2.75, 3.05) is 6.61 Å². The molecule has 0 radical (unpaired) electrons. The van der Waals surface area contributed by atoms with E-state index < -0.39 is 0 Å². The molecule has 2 aromatic rings. The Hall–Kier alpha value is -1.94. The van der Waals surface area contributed by atoms with E-state index >= 15 is 0 Å². The number of fused-ring (bicyclic) bond motifs is 1. The van der Waals surface area contributed by atoms with Gasteiger partial charge in [0.05, 0.1) is 4.88 Å². The van der Waals surface area contributed by atoms with E-state index in [1.807, 2.05) is 23.6 Å². The summed E-state index contributed by atoms with van der Waals surface area (Å²) in [4.78, 5) is 24.3. The van der Waals surface area contributed by atoms with Crippen LogP contribution in [0.15, 0.2) is 35.7 Å². The fourth-order valence-corrected chi connectivity index (χ4v) is 3.02. The highest BCUT2D eigenvalue weighted by Crippen LogP contribution is 2.25. The molecule has 0 fully saturated rings. The minimum atomic E-state index is -0.0196. The molecule has 102 valence electrons. The average Bonchev–Trinajstić information content (AvgIpc) is 2.99. The molecule has 1 aliphatic rings. The van der Waals surface area contributed by atoms with Gasteiger partial charge in [0.15, 0.2) is 12.4 Å². The van der Waals surface area contributed by atoms with Crippen molar-refractivity contribution >= 4 is 22.9 Å². The zero-order valence-corrected chi connectivity index (χ0v) is 11.7. The number of ether oxygens (including phenoxy) is 1. The Morgan fingerprint density at radius 2 is 2.15 bits per heavy atom. The number of carbonyl (C=O) groups is 2. The number of thiophene rings is 1. The lowest BCUT2D eigenvalue weighted by atomic mass is 9.90. The lowest BCUT2D eigenvalue weighted by Crippen LogP contribution is -2.13. The third kappa shape index (κ3) is 2.65. The molecule has 0 amide bonds. The maximum absolute atomic E-state index is 11.9. The van der Waals surface area contributed by atoms with Crippen LogP contribution in [0.1, 0.15) is 38.4 Å². The molecule has 1 aromatic carbocycles. The van der Waals surface area contributed by atoms with Gasteiger partial charge in [-0.25, -0.2) is 0 Å². The summed E-state index contributed by atoms with van der Waals surface area (Å²) in [5.41, 5.74) is 1.83. The molecular formula is C16H14O3S. The first-order valence-corrected chi connectivity index (χ1v) is 7.47. The van der Waals surface area contributed by atoms with Crippen LogP contribution in [0.25, 0.3) is 0 Å². The summed E-state index contributed by atoms with van der Waals surface area (Å²) >= 11 is 1.42. The molecule has 0 unspecified atom stereocenters. The van der Waals surface area contributed by atoms with Gasteiger partial charge in [0, 0.05) is 12.0 Å². The van der Waals surface area contributed by atoms with E-state index in [2.05, 4.69) is 0 Å². The fraction of sp³-hybridized carbons (Fsp3) is 0.250. The van der Waals surface area contributed by atoms with Crippen LogP contribution in [0.2, 0.25) is 0 Å². The topological polar surface area (TPSA) is 43.4 Å². The lowest BCUT2D eigenvalue weighted by molar-refractivity contribution is 0.0923. The maximum atomic E-state index is 11.9. The first-order chi connectivity index (χ1) is 9.74. The number of ketones is 2. The minimum absolute atomic E-state index is 0.0196. The molecule has 1 heterocycles. The molecule has 0 spiro atoms. The maximum Gasteiger partial charge on any atom is 0.210 e. The van der Waals surface area contributed by atoms with Crippen molar-refractivity contribution in [1.82, 2.24) is 0 Å². The zero-order chi connectivity index (χ0) is 13.9. The number of hydrogen-bond acceptors (Lipinski definition) is 4. The summed E-state index contributed by atoms with van der Waals surface area (Å²) in [7, 11) is 0. The highest BCUT2D eigenvalue weighted by molar-refractivity contribution is 7.12. The molecule has 0 aliphatic heterocycles. The molecule has 3 rings (SSSR count). The zero-order valence-electron chi connectivity index (χ0n) is 10.9. The van der Waals surface area contributed by atoms with E-state index in [1.54, 1.807) is 12.1 Å². The smallest absolute Gasteiger partial charge is 0.210 e. The molecule has 20 heavy (non-hydrogen) atoms. The molecule has 0 saturated heterocycles. The fourth-order valence-electron chi connectivity index (χ4n) is 2.37. The summed E-state index contributed by atoms with van der Waals surface area (Å²) in [6.45, 7) is 0.0350. The van der Waals surface area contributed by atoms with Gasteiger partial charge in [0.1, 0.15) is 5.75 Å². The largest absolute Gasteiger partial charge is 0.485 e. The minimum Gasteiger partial charge on any atom is -0.485 e. The van der Waals surface area contributed by atoms with Crippen molar-refractivity contribution in [3.63, 3.8) is 0 Å². The van der Waals surface area contributed by atoms with Gasteiger partial charge in [-0.3, -0.25) is 9.59 Å². The Morgan fingerprint density at radius 1 is 1.25 bits per heavy atom. The number of Topliss-reactive ketones (excluding diaryl/α,β-unsaturated/α-hetero) is 2. The van der Waals surface area contributed by atoms with Gasteiger partial charge in [0.25, 0.3) is 0 Å². The Kier molecular flexibility index (Phi) is 3.65. The van der Waals surface area contributed by atoms with E-state index in [0.717, 1.165) is 24.0 Å². The van der Waals surface area contributed by atoms with Crippen LogP contribution >= 0.6 is 11.3 Å². The van der Waals surface area contributed by atoms with E-state index in [4.69, 9.17) is 4.74 Å². The number of aryl methyl sites for hydroxylation is 1. The Labute approximate surface area is 121 Å². The molecule has 0 N–H and O–H groups in total. The van der Waals surface area contributed by atoms with E-state index in [-0.39, 0.29) is 18.2 Å². The molecule has 1 aliphatic carbocycles. The molecule has 0 atom stereocenters. The van der Waals surface area contributed by atoms with Crippen LogP contribution in [0.3, 0.4) is 0 Å². The van der Waals surface area contributed by atoms with E-state index in [9.17, 15) is 9.59 Å². The van der Waals surface area contributed by atoms with Crippen LogP contribution in [-0.4, -0.2) is 18.2 Å². The predicted molar refractivity (Wildman–Crippen MR) is 77.9 cm³/mol. The number of benzene rings is 1. The lowest BCUT2D eigenvalue weighted by Gasteiger charge is -2.15. The predicted octanol–water partition coefficient (Wildman–Crippen LogP) is 3.53. The van der Waals surface area contributed by atoms with Gasteiger partial charge >= 0.3 is 0 Å². The second kappa shape index (κ2) is 5.59. The van der Waals surface area contributed by atoms with Crippen molar-refractivity contribution in [3.05, 3.63) is 51.7 Å². The monoisotopic (exact) mass is 286 g/mol. The Bertz CT molecular complexity index is 644. The number of carbonyl (C=O) groups excluding carboxylic acids is 2. The van der Waals surface area contributed by atoms with Gasteiger partial charge in [-0.15, -0.1) is 11.3 Å². The van der Waals surface area contributed by atoms with Crippen molar-refractivity contribution in [1.29, 1.82) is 0 Å². The third-order valence-electron chi connectivity index (χ3n) is 3.39. The molecule has 0 bridgehead atoms. The summed E-state index contributed by atoms with van der Waals surface area (Å²) in [6.07, 6.45) is 2.42. The molecule has 3 nitrogen and oxygen atoms in total. The van der Waals surface area contributed by atoms with Gasteiger partial charge in [0.2, 0.25) is 5.78 Å². The van der Waals surface area contributed by atoms with Crippen LogP contribution < -0.4 is 4.74 Å². The van der Waals surface area contributed by atoms with Gasteiger partial charge in [-0.05, 0) is 48.1 Å². The van der Waals surface area contributed by atoms with Gasteiger partial charge in [-0.1, -0.05) is 6.07 Å². The molecule has 0 saturated carbocycles. The molecular weight excluding hydrogens is 272 g/mol. The van der Waals surface area contributed by atoms with Crippen LogP contribution in [0, 0.1) is 0 Å². The third-order valence-corrected chi connectivity index (χ3v) is 4.30. The Balaban J connectivity index is 1.69. The van der Waals surface area contributed by atoms with E-state index in [0.29, 0.717) is 17.0 Å². The normalized spacial score (nSPS) is 13.9. The molecule has 4 heteroatoms. The van der Waals surface area contributed by atoms with Crippen molar-refractivity contribution < 1.29 is 14.3 Å². The van der Waals surface area contributed by atoms with Crippen LogP contribution in [0.5, 0.6) is 5.75 Å². The second-order valence-corrected chi connectivity index (χ2v) is 5.73. The summed E-state index contributed by atoms with van der Waals surface area (Å²) in [5.74, 6) is 0.838. The second-order valence-electron chi connectivity index (χ2n) is 4.78. The van der Waals surface area contributed by atoms with Crippen molar-refractivity contribution in [2.24, 2.45) is 0 Å². The highest BCUT2D eigenvalue weighted by Gasteiger charge is 2.17. The van der Waals surface area contributed by atoms with E-state index in [1.165, 1.54) is 11.3 Å².